The van der Waals surface area contributed by atoms with Crippen LogP contribution < -0.4 is 4.52 Å². The zero-order chi connectivity index (χ0) is 22.2. The smallest absolute Gasteiger partial charge is 0.404 e. The average molecular weight is 424 g/mol. The summed E-state index contributed by atoms with van der Waals surface area (Å²) in [5.74, 6) is 0.411. The molecule has 0 aromatic heterocycles. The van der Waals surface area contributed by atoms with Gasteiger partial charge in [-0.25, -0.2) is 4.57 Å². The molecule has 0 unspecified atom stereocenters. The summed E-state index contributed by atoms with van der Waals surface area (Å²) in [5.41, 5.74) is 9.12. The molecule has 5 heteroatoms. The summed E-state index contributed by atoms with van der Waals surface area (Å²) >= 11 is 0. The lowest BCUT2D eigenvalue weighted by atomic mass is 9.81. The Morgan fingerprint density at radius 1 is 0.700 bits per heavy atom. The molecule has 30 heavy (non-hydrogen) atoms. The third-order valence-corrected chi connectivity index (χ3v) is 5.94. The van der Waals surface area contributed by atoms with Crippen molar-refractivity contribution in [2.75, 3.05) is 0 Å². The Labute approximate surface area is 178 Å². The van der Waals surface area contributed by atoms with Gasteiger partial charge in [-0.3, -0.25) is 9.79 Å². The first kappa shape index (κ1) is 22.3. The Balaban J connectivity index is 2.56. The van der Waals surface area contributed by atoms with Gasteiger partial charge < -0.3 is 4.52 Å². The summed E-state index contributed by atoms with van der Waals surface area (Å²) in [7, 11) is -4.74. The van der Waals surface area contributed by atoms with Crippen LogP contribution in [0.3, 0.4) is 0 Å². The van der Waals surface area contributed by atoms with Crippen LogP contribution in [0, 0.1) is 27.7 Å². The SMILES string of the molecule is Cc1cccc(C)c1-c1c(OP(=O)(O)O)ccc(C(C)C)c1-c1c(C)cccc1C. The molecule has 0 aliphatic rings. The first-order chi connectivity index (χ1) is 14.0. The highest BCUT2D eigenvalue weighted by Gasteiger charge is 2.27. The Morgan fingerprint density at radius 2 is 1.13 bits per heavy atom. The van der Waals surface area contributed by atoms with E-state index in [1.807, 2.05) is 44.2 Å². The molecule has 3 rings (SSSR count). The fraction of sp³-hybridized carbons (Fsp3) is 0.280. The van der Waals surface area contributed by atoms with Crippen molar-refractivity contribution in [3.63, 3.8) is 0 Å². The minimum absolute atomic E-state index is 0.197. The Bertz CT molecular complexity index is 1100. The molecule has 0 bridgehead atoms. The predicted molar refractivity (Wildman–Crippen MR) is 123 cm³/mol. The lowest BCUT2D eigenvalue weighted by Gasteiger charge is -2.25. The molecular weight excluding hydrogens is 395 g/mol. The number of benzene rings is 3. The van der Waals surface area contributed by atoms with E-state index >= 15 is 0 Å². The number of rotatable bonds is 5. The summed E-state index contributed by atoms with van der Waals surface area (Å²) in [6, 6.07) is 15.8. The van der Waals surface area contributed by atoms with Crippen LogP contribution in [-0.4, -0.2) is 9.79 Å². The summed E-state index contributed by atoms with van der Waals surface area (Å²) in [4.78, 5) is 19.2. The molecule has 0 aliphatic heterocycles. The Morgan fingerprint density at radius 3 is 1.53 bits per heavy atom. The van der Waals surface area contributed by atoms with Crippen molar-refractivity contribution in [1.82, 2.24) is 0 Å². The van der Waals surface area contributed by atoms with E-state index in [0.29, 0.717) is 0 Å². The number of phosphoric ester groups is 1. The maximum Gasteiger partial charge on any atom is 0.524 e. The molecule has 0 aliphatic carbocycles. The first-order valence-electron chi connectivity index (χ1n) is 10.1. The topological polar surface area (TPSA) is 66.8 Å². The van der Waals surface area contributed by atoms with Crippen molar-refractivity contribution in [3.8, 4) is 28.0 Å². The van der Waals surface area contributed by atoms with Crippen LogP contribution in [0.15, 0.2) is 48.5 Å². The summed E-state index contributed by atoms with van der Waals surface area (Å²) < 4.78 is 17.1. The molecule has 0 atom stereocenters. The number of aryl methyl sites for hydroxylation is 4. The van der Waals surface area contributed by atoms with Crippen molar-refractivity contribution in [2.24, 2.45) is 0 Å². The van der Waals surface area contributed by atoms with E-state index in [0.717, 1.165) is 50.1 Å². The zero-order valence-corrected chi connectivity index (χ0v) is 19.2. The second kappa shape index (κ2) is 8.39. The highest BCUT2D eigenvalue weighted by atomic mass is 31.2. The van der Waals surface area contributed by atoms with E-state index < -0.39 is 7.82 Å². The van der Waals surface area contributed by atoms with Gasteiger partial charge >= 0.3 is 7.82 Å². The van der Waals surface area contributed by atoms with Crippen molar-refractivity contribution in [3.05, 3.63) is 76.3 Å². The van der Waals surface area contributed by atoms with Crippen LogP contribution in [0.25, 0.3) is 22.3 Å². The Kier molecular flexibility index (Phi) is 6.24. The lowest BCUT2D eigenvalue weighted by Crippen LogP contribution is -2.03. The minimum Gasteiger partial charge on any atom is -0.404 e. The standard InChI is InChI=1S/C25H29O4P/c1-15(2)20-13-14-21(29-30(26,27)28)25(23-18(5)11-8-12-19(23)6)24(20)22-16(3)9-7-10-17(22)4/h7-15H,1-6H3,(H2,26,27,28). The van der Waals surface area contributed by atoms with Crippen LogP contribution in [0.1, 0.15) is 47.6 Å². The van der Waals surface area contributed by atoms with Gasteiger partial charge in [0.1, 0.15) is 5.75 Å². The molecule has 158 valence electrons. The largest absolute Gasteiger partial charge is 0.524 e. The molecule has 0 amide bonds. The van der Waals surface area contributed by atoms with Gasteiger partial charge in [-0.15, -0.1) is 0 Å². The highest BCUT2D eigenvalue weighted by molar-refractivity contribution is 7.46. The van der Waals surface area contributed by atoms with Gasteiger partial charge in [-0.1, -0.05) is 56.3 Å². The van der Waals surface area contributed by atoms with Crippen LogP contribution in [-0.2, 0) is 4.57 Å². The predicted octanol–water partition coefficient (Wildman–Crippen LogP) is 6.85. The normalized spacial score (nSPS) is 11.8. The number of phosphoric acid groups is 1. The summed E-state index contributed by atoms with van der Waals surface area (Å²) in [5, 5.41) is 0. The third-order valence-electron chi connectivity index (χ3n) is 5.50. The maximum absolute atomic E-state index is 11.8. The molecule has 0 fully saturated rings. The summed E-state index contributed by atoms with van der Waals surface area (Å²) in [6.07, 6.45) is 0. The zero-order valence-electron chi connectivity index (χ0n) is 18.4. The van der Waals surface area contributed by atoms with Crippen LogP contribution >= 0.6 is 7.82 Å². The first-order valence-corrected chi connectivity index (χ1v) is 11.6. The average Bonchev–Trinajstić information content (AvgIpc) is 2.61. The van der Waals surface area contributed by atoms with Gasteiger partial charge in [-0.05, 0) is 84.2 Å². The van der Waals surface area contributed by atoms with Crippen LogP contribution in [0.5, 0.6) is 5.75 Å². The van der Waals surface area contributed by atoms with E-state index in [9.17, 15) is 14.4 Å². The second-order valence-electron chi connectivity index (χ2n) is 8.17. The molecule has 0 saturated heterocycles. The highest BCUT2D eigenvalue weighted by Crippen LogP contribution is 2.51. The molecule has 0 saturated carbocycles. The van der Waals surface area contributed by atoms with Crippen molar-refractivity contribution in [2.45, 2.75) is 47.5 Å². The van der Waals surface area contributed by atoms with Crippen molar-refractivity contribution >= 4 is 7.82 Å². The minimum atomic E-state index is -4.74. The van der Waals surface area contributed by atoms with Gasteiger partial charge in [0.05, 0.1) is 0 Å². The van der Waals surface area contributed by atoms with Gasteiger partial charge in [-0.2, -0.15) is 0 Å². The van der Waals surface area contributed by atoms with E-state index in [1.165, 1.54) is 0 Å². The number of hydrogen-bond donors (Lipinski definition) is 2. The van der Waals surface area contributed by atoms with Gasteiger partial charge in [0, 0.05) is 5.56 Å². The molecule has 3 aromatic rings. The van der Waals surface area contributed by atoms with Crippen molar-refractivity contribution < 1.29 is 18.9 Å². The fourth-order valence-electron chi connectivity index (χ4n) is 4.22. The molecule has 0 heterocycles. The van der Waals surface area contributed by atoms with Crippen LogP contribution in [0.2, 0.25) is 0 Å². The monoisotopic (exact) mass is 424 g/mol. The molecule has 2 N–H and O–H groups in total. The van der Waals surface area contributed by atoms with Gasteiger partial charge in [0.15, 0.2) is 0 Å². The summed E-state index contributed by atoms with van der Waals surface area (Å²) in [6.45, 7) is 12.4. The number of hydrogen-bond acceptors (Lipinski definition) is 2. The van der Waals surface area contributed by atoms with Crippen molar-refractivity contribution in [1.29, 1.82) is 0 Å². The van der Waals surface area contributed by atoms with Crippen LogP contribution in [0.4, 0.5) is 0 Å². The van der Waals surface area contributed by atoms with E-state index in [2.05, 4.69) is 39.8 Å². The fourth-order valence-corrected chi connectivity index (χ4v) is 4.63. The maximum atomic E-state index is 11.8. The third kappa shape index (κ3) is 4.37. The molecule has 0 spiro atoms. The molecule has 3 aromatic carbocycles. The van der Waals surface area contributed by atoms with E-state index in [-0.39, 0.29) is 11.7 Å². The Hall–Kier alpha value is -2.39. The van der Waals surface area contributed by atoms with E-state index in [1.54, 1.807) is 6.07 Å². The lowest BCUT2D eigenvalue weighted by molar-refractivity contribution is 0.283. The van der Waals surface area contributed by atoms with Gasteiger partial charge in [0.2, 0.25) is 0 Å². The van der Waals surface area contributed by atoms with E-state index in [4.69, 9.17) is 4.52 Å². The van der Waals surface area contributed by atoms with Gasteiger partial charge in [0.25, 0.3) is 0 Å². The molecular formula is C25H29O4P. The molecule has 4 nitrogen and oxygen atoms in total. The quantitative estimate of drug-likeness (QED) is 0.440. The molecule has 0 radical (unpaired) electrons. The second-order valence-corrected chi connectivity index (χ2v) is 9.34.